The first-order chi connectivity index (χ1) is 11.1. The van der Waals surface area contributed by atoms with E-state index in [9.17, 15) is 4.79 Å². The van der Waals surface area contributed by atoms with Crippen LogP contribution < -0.4 is 0 Å². The molecule has 6 heteroatoms. The number of rotatable bonds is 4. The monoisotopic (exact) mass is 327 g/mol. The average Bonchev–Trinajstić information content (AvgIpc) is 3.17. The number of methoxy groups -OCH3 is 1. The van der Waals surface area contributed by atoms with Gasteiger partial charge in [0.1, 0.15) is 5.01 Å². The Morgan fingerprint density at radius 3 is 2.87 bits per heavy atom. The van der Waals surface area contributed by atoms with E-state index in [4.69, 9.17) is 4.74 Å². The number of benzene rings is 1. The van der Waals surface area contributed by atoms with Gasteiger partial charge in [0.2, 0.25) is 0 Å². The molecular formula is C17H17N3O2S. The van der Waals surface area contributed by atoms with Crippen molar-refractivity contribution in [3.63, 3.8) is 0 Å². The van der Waals surface area contributed by atoms with Crippen LogP contribution in [-0.2, 0) is 11.3 Å². The molecule has 0 saturated heterocycles. The topological polar surface area (TPSA) is 57.0 Å². The van der Waals surface area contributed by atoms with Gasteiger partial charge in [-0.1, -0.05) is 12.1 Å². The van der Waals surface area contributed by atoms with Gasteiger partial charge in [-0.3, -0.25) is 0 Å². The first kappa shape index (κ1) is 15.4. The summed E-state index contributed by atoms with van der Waals surface area (Å²) in [6.45, 7) is 4.74. The number of imidazole rings is 1. The third-order valence-corrected chi connectivity index (χ3v) is 4.70. The van der Waals surface area contributed by atoms with Crippen molar-refractivity contribution in [2.75, 3.05) is 7.11 Å². The lowest BCUT2D eigenvalue weighted by atomic mass is 10.1. The molecule has 0 N–H and O–H groups in total. The first-order valence-electron chi connectivity index (χ1n) is 7.20. The van der Waals surface area contributed by atoms with E-state index in [1.54, 1.807) is 23.5 Å². The molecule has 3 aromatic rings. The molecule has 3 rings (SSSR count). The van der Waals surface area contributed by atoms with Crippen LogP contribution in [0.5, 0.6) is 0 Å². The van der Waals surface area contributed by atoms with Crippen LogP contribution in [0.3, 0.4) is 0 Å². The third-order valence-electron chi connectivity index (χ3n) is 3.76. The lowest BCUT2D eigenvalue weighted by molar-refractivity contribution is 0.0601. The average molecular weight is 327 g/mol. The largest absolute Gasteiger partial charge is 0.465 e. The summed E-state index contributed by atoms with van der Waals surface area (Å²) in [5, 5.41) is 2.93. The van der Waals surface area contributed by atoms with E-state index in [-0.39, 0.29) is 5.97 Å². The molecule has 0 aliphatic heterocycles. The van der Waals surface area contributed by atoms with Gasteiger partial charge in [-0.15, -0.1) is 11.3 Å². The molecule has 2 heterocycles. The number of thiazole rings is 1. The zero-order valence-electron chi connectivity index (χ0n) is 13.2. The van der Waals surface area contributed by atoms with Crippen LogP contribution in [0.4, 0.5) is 0 Å². The van der Waals surface area contributed by atoms with Gasteiger partial charge in [-0.2, -0.15) is 0 Å². The maximum Gasteiger partial charge on any atom is 0.337 e. The van der Waals surface area contributed by atoms with Gasteiger partial charge in [0.15, 0.2) is 0 Å². The molecule has 0 bridgehead atoms. The summed E-state index contributed by atoms with van der Waals surface area (Å²) in [6.07, 6.45) is 1.83. The van der Waals surface area contributed by atoms with Gasteiger partial charge in [0.25, 0.3) is 0 Å². The second-order valence-electron chi connectivity index (χ2n) is 5.26. The summed E-state index contributed by atoms with van der Waals surface area (Å²) in [4.78, 5) is 20.6. The maximum absolute atomic E-state index is 11.6. The van der Waals surface area contributed by atoms with Crippen molar-refractivity contribution in [2.45, 2.75) is 20.4 Å². The van der Waals surface area contributed by atoms with Gasteiger partial charge in [0, 0.05) is 16.6 Å². The van der Waals surface area contributed by atoms with E-state index in [2.05, 4.69) is 21.5 Å². The second kappa shape index (κ2) is 6.34. The lowest BCUT2D eigenvalue weighted by Gasteiger charge is -2.03. The third kappa shape index (κ3) is 3.17. The molecule has 0 aliphatic carbocycles. The highest BCUT2D eigenvalue weighted by atomic mass is 32.1. The highest BCUT2D eigenvalue weighted by Gasteiger charge is 2.10. The molecule has 0 aliphatic rings. The van der Waals surface area contributed by atoms with Crippen molar-refractivity contribution >= 4 is 17.3 Å². The van der Waals surface area contributed by atoms with Crippen LogP contribution in [0.1, 0.15) is 27.4 Å². The molecule has 0 saturated carbocycles. The molecule has 5 nitrogen and oxygen atoms in total. The molecule has 0 spiro atoms. The Kier molecular flexibility index (Phi) is 4.25. The standard InChI is InChI=1S/C17H17N3O2S/c1-11-12(2)20(10-18-11)8-15-9-23-16(19-15)13-5-4-6-14(7-13)17(21)22-3/h4-7,9-10H,8H2,1-3H3. The predicted molar refractivity (Wildman–Crippen MR) is 89.7 cm³/mol. The second-order valence-corrected chi connectivity index (χ2v) is 6.12. The Balaban J connectivity index is 1.84. The first-order valence-corrected chi connectivity index (χ1v) is 8.08. The normalized spacial score (nSPS) is 10.7. The number of hydrogen-bond acceptors (Lipinski definition) is 5. The summed E-state index contributed by atoms with van der Waals surface area (Å²) in [5.74, 6) is -0.340. The van der Waals surface area contributed by atoms with Crippen molar-refractivity contribution < 1.29 is 9.53 Å². The van der Waals surface area contributed by atoms with Gasteiger partial charge in [-0.05, 0) is 26.0 Å². The molecule has 0 unspecified atom stereocenters. The number of nitrogens with zero attached hydrogens (tertiary/aromatic N) is 3. The molecule has 1 aromatic carbocycles. The molecular weight excluding hydrogens is 310 g/mol. The lowest BCUT2D eigenvalue weighted by Crippen LogP contribution is -2.01. The van der Waals surface area contributed by atoms with Crippen LogP contribution in [0.2, 0.25) is 0 Å². The summed E-state index contributed by atoms with van der Waals surface area (Å²) in [7, 11) is 1.38. The smallest absolute Gasteiger partial charge is 0.337 e. The van der Waals surface area contributed by atoms with Crippen LogP contribution in [0.15, 0.2) is 36.0 Å². The van der Waals surface area contributed by atoms with Gasteiger partial charge >= 0.3 is 5.97 Å². The van der Waals surface area contributed by atoms with Gasteiger partial charge < -0.3 is 9.30 Å². The summed E-state index contributed by atoms with van der Waals surface area (Å²) >= 11 is 1.57. The van der Waals surface area contributed by atoms with E-state index in [0.29, 0.717) is 12.1 Å². The highest BCUT2D eigenvalue weighted by molar-refractivity contribution is 7.13. The zero-order valence-corrected chi connectivity index (χ0v) is 14.1. The zero-order chi connectivity index (χ0) is 16.4. The Bertz CT molecular complexity index is 851. The number of esters is 1. The van der Waals surface area contributed by atoms with Crippen molar-refractivity contribution in [1.82, 2.24) is 14.5 Å². The SMILES string of the molecule is COC(=O)c1cccc(-c2nc(Cn3cnc(C)c3C)cs2)c1. The molecule has 0 radical (unpaired) electrons. The Morgan fingerprint density at radius 1 is 1.35 bits per heavy atom. The van der Waals surface area contributed by atoms with E-state index < -0.39 is 0 Å². The van der Waals surface area contributed by atoms with Crippen molar-refractivity contribution in [3.05, 3.63) is 58.6 Å². The molecule has 0 atom stereocenters. The van der Waals surface area contributed by atoms with Crippen molar-refractivity contribution in [2.24, 2.45) is 0 Å². The van der Waals surface area contributed by atoms with E-state index in [1.165, 1.54) is 7.11 Å². The van der Waals surface area contributed by atoms with Crippen LogP contribution in [-0.4, -0.2) is 27.6 Å². The molecule has 0 amide bonds. The minimum Gasteiger partial charge on any atom is -0.465 e. The highest BCUT2D eigenvalue weighted by Crippen LogP contribution is 2.25. The Labute approximate surface area is 138 Å². The number of aromatic nitrogens is 3. The summed E-state index contributed by atoms with van der Waals surface area (Å²) in [5.41, 5.74) is 4.61. The number of carbonyl (C=O) groups is 1. The number of carbonyl (C=O) groups excluding carboxylic acids is 1. The number of hydrogen-bond donors (Lipinski definition) is 0. The van der Waals surface area contributed by atoms with Crippen molar-refractivity contribution in [3.8, 4) is 10.6 Å². The van der Waals surface area contributed by atoms with Crippen LogP contribution >= 0.6 is 11.3 Å². The molecule has 23 heavy (non-hydrogen) atoms. The predicted octanol–water partition coefficient (Wildman–Crippen LogP) is 3.46. The van der Waals surface area contributed by atoms with Gasteiger partial charge in [0.05, 0.1) is 36.9 Å². The molecule has 2 aromatic heterocycles. The molecule has 118 valence electrons. The fourth-order valence-corrected chi connectivity index (χ4v) is 3.10. The minimum atomic E-state index is -0.340. The number of aryl methyl sites for hydroxylation is 1. The van der Waals surface area contributed by atoms with Crippen LogP contribution in [0, 0.1) is 13.8 Å². The fourth-order valence-electron chi connectivity index (χ4n) is 2.29. The van der Waals surface area contributed by atoms with E-state index in [1.807, 2.05) is 30.8 Å². The van der Waals surface area contributed by atoms with Crippen molar-refractivity contribution in [1.29, 1.82) is 0 Å². The van der Waals surface area contributed by atoms with Gasteiger partial charge in [-0.25, -0.2) is 14.8 Å². The number of ether oxygens (including phenoxy) is 1. The Hall–Kier alpha value is -2.47. The Morgan fingerprint density at radius 2 is 2.17 bits per heavy atom. The quantitative estimate of drug-likeness (QED) is 0.689. The van der Waals surface area contributed by atoms with E-state index >= 15 is 0 Å². The van der Waals surface area contributed by atoms with Crippen LogP contribution in [0.25, 0.3) is 10.6 Å². The summed E-state index contributed by atoms with van der Waals surface area (Å²) in [6, 6.07) is 7.33. The maximum atomic E-state index is 11.6. The van der Waals surface area contributed by atoms with E-state index in [0.717, 1.165) is 27.7 Å². The summed E-state index contributed by atoms with van der Waals surface area (Å²) < 4.78 is 6.84. The molecule has 0 fully saturated rings. The fraction of sp³-hybridized carbons (Fsp3) is 0.235. The minimum absolute atomic E-state index is 0.340.